The number of fused-ring (bicyclic) bond motifs is 1. The Morgan fingerprint density at radius 2 is 1.92 bits per heavy atom. The van der Waals surface area contributed by atoms with Crippen LogP contribution in [0.2, 0.25) is 0 Å². The second kappa shape index (κ2) is 7.24. The Morgan fingerprint density at radius 3 is 2.46 bits per heavy atom. The van der Waals surface area contributed by atoms with Crippen molar-refractivity contribution in [3.05, 3.63) is 40.0 Å². The number of alkyl halides is 2. The minimum Gasteiger partial charge on any atom is -0.304 e. The van der Waals surface area contributed by atoms with Crippen molar-refractivity contribution < 1.29 is 22.4 Å². The molecular weight excluding hydrogens is 405 g/mol. The minimum absolute atomic E-state index is 0.0474. The molecule has 128 valence electrons. The van der Waals surface area contributed by atoms with E-state index in [2.05, 4.69) is 20.9 Å². The number of benzene rings is 1. The molecule has 0 aliphatic carbocycles. The molecule has 0 radical (unpaired) electrons. The molecule has 2 aromatic rings. The van der Waals surface area contributed by atoms with Crippen LogP contribution < -0.4 is 0 Å². The molecular formula is C15H14BrF2N2O3P. The molecule has 9 heteroatoms. The van der Waals surface area contributed by atoms with Crippen LogP contribution in [0.3, 0.4) is 0 Å². The standard InChI is InChI=1S/C15H14BrF2N2O3P/c1-3-22-24(21,23-4-2)15(17,18)12-8-14-10(7-13(12)16)5-6-11(9-19)20-14/h5-8H,3-4H2,1-2H3. The van der Waals surface area contributed by atoms with Gasteiger partial charge in [0.15, 0.2) is 0 Å². The molecule has 0 N–H and O–H groups in total. The highest BCUT2D eigenvalue weighted by atomic mass is 79.9. The number of hydrogen-bond donors (Lipinski definition) is 0. The summed E-state index contributed by atoms with van der Waals surface area (Å²) in [5, 5.41) is 9.45. The van der Waals surface area contributed by atoms with Crippen molar-refractivity contribution in [3.8, 4) is 6.07 Å². The molecule has 5 nitrogen and oxygen atoms in total. The van der Waals surface area contributed by atoms with E-state index in [9.17, 15) is 13.3 Å². The lowest BCUT2D eigenvalue weighted by Gasteiger charge is -2.26. The summed E-state index contributed by atoms with van der Waals surface area (Å²) in [6, 6.07) is 7.44. The fourth-order valence-electron chi connectivity index (χ4n) is 2.12. The first kappa shape index (κ1) is 18.9. The van der Waals surface area contributed by atoms with Gasteiger partial charge >= 0.3 is 13.3 Å². The van der Waals surface area contributed by atoms with Crippen molar-refractivity contribution in [1.29, 1.82) is 5.26 Å². The van der Waals surface area contributed by atoms with Crippen LogP contribution in [0.1, 0.15) is 25.1 Å². The zero-order valence-corrected chi connectivity index (χ0v) is 15.4. The summed E-state index contributed by atoms with van der Waals surface area (Å²) < 4.78 is 52.0. The van der Waals surface area contributed by atoms with Gasteiger partial charge < -0.3 is 9.05 Å². The van der Waals surface area contributed by atoms with Crippen molar-refractivity contribution in [3.63, 3.8) is 0 Å². The van der Waals surface area contributed by atoms with Crippen LogP contribution in [0.25, 0.3) is 10.9 Å². The quantitative estimate of drug-likeness (QED) is 0.603. The molecule has 0 saturated carbocycles. The van der Waals surface area contributed by atoms with Crippen molar-refractivity contribution in [2.24, 2.45) is 0 Å². The Labute approximate surface area is 146 Å². The molecule has 0 spiro atoms. The highest BCUT2D eigenvalue weighted by Gasteiger charge is 2.55. The topological polar surface area (TPSA) is 72.2 Å². The summed E-state index contributed by atoms with van der Waals surface area (Å²) in [5.74, 6) is 0. The van der Waals surface area contributed by atoms with Gasteiger partial charge in [-0.2, -0.15) is 14.0 Å². The van der Waals surface area contributed by atoms with Gasteiger partial charge in [-0.3, -0.25) is 4.57 Å². The highest BCUT2D eigenvalue weighted by molar-refractivity contribution is 9.10. The van der Waals surface area contributed by atoms with Gasteiger partial charge in [0.25, 0.3) is 0 Å². The second-order valence-corrected chi connectivity index (χ2v) is 7.63. The third-order valence-corrected chi connectivity index (χ3v) is 5.94. The Kier molecular flexibility index (Phi) is 5.71. The van der Waals surface area contributed by atoms with E-state index in [4.69, 9.17) is 14.3 Å². The molecule has 1 heterocycles. The molecule has 1 aromatic carbocycles. The monoisotopic (exact) mass is 418 g/mol. The molecule has 1 aromatic heterocycles. The zero-order valence-electron chi connectivity index (χ0n) is 12.9. The summed E-state index contributed by atoms with van der Waals surface area (Å²) in [7, 11) is -4.72. The van der Waals surface area contributed by atoms with Gasteiger partial charge in [0, 0.05) is 15.4 Å². The van der Waals surface area contributed by atoms with Crippen LogP contribution in [-0.2, 0) is 19.3 Å². The van der Waals surface area contributed by atoms with E-state index >= 15 is 0 Å². The van der Waals surface area contributed by atoms with Crippen LogP contribution in [0.4, 0.5) is 8.78 Å². The fraction of sp³-hybridized carbons (Fsp3) is 0.333. The summed E-state index contributed by atoms with van der Waals surface area (Å²) >= 11 is 3.08. The van der Waals surface area contributed by atoms with Gasteiger partial charge in [-0.25, -0.2) is 4.98 Å². The predicted molar refractivity (Wildman–Crippen MR) is 88.9 cm³/mol. The van der Waals surface area contributed by atoms with E-state index in [1.807, 2.05) is 6.07 Å². The summed E-state index contributed by atoms with van der Waals surface area (Å²) in [6.45, 7) is 2.54. The van der Waals surface area contributed by atoms with Crippen LogP contribution in [0.15, 0.2) is 28.7 Å². The van der Waals surface area contributed by atoms with Crippen molar-refractivity contribution in [2.75, 3.05) is 13.2 Å². The Bertz CT molecular complexity index is 844. The molecule has 0 aliphatic rings. The van der Waals surface area contributed by atoms with E-state index in [1.165, 1.54) is 26.0 Å². The van der Waals surface area contributed by atoms with Crippen molar-refractivity contribution >= 4 is 34.4 Å². The molecule has 0 bridgehead atoms. The van der Waals surface area contributed by atoms with Gasteiger partial charge in [-0.1, -0.05) is 15.9 Å². The molecule has 2 rings (SSSR count). The SMILES string of the molecule is CCOP(=O)(OCC)C(F)(F)c1cc2nc(C#N)ccc2cc1Br. The number of nitrogens with zero attached hydrogens (tertiary/aromatic N) is 2. The summed E-state index contributed by atoms with van der Waals surface area (Å²) in [6.07, 6.45) is 0. The summed E-state index contributed by atoms with van der Waals surface area (Å²) in [4.78, 5) is 4.00. The Hall–Kier alpha value is -1.39. The maximum atomic E-state index is 14.9. The minimum atomic E-state index is -4.72. The van der Waals surface area contributed by atoms with Crippen LogP contribution in [0, 0.1) is 11.3 Å². The van der Waals surface area contributed by atoms with Crippen LogP contribution >= 0.6 is 23.5 Å². The van der Waals surface area contributed by atoms with Gasteiger partial charge in [0.2, 0.25) is 0 Å². The van der Waals surface area contributed by atoms with E-state index in [1.54, 1.807) is 6.07 Å². The van der Waals surface area contributed by atoms with E-state index in [0.29, 0.717) is 5.39 Å². The average molecular weight is 419 g/mol. The van der Waals surface area contributed by atoms with Crippen molar-refractivity contribution in [1.82, 2.24) is 4.98 Å². The lowest BCUT2D eigenvalue weighted by molar-refractivity contribution is 0.0355. The number of halogens is 3. The maximum absolute atomic E-state index is 14.9. The number of aromatic nitrogens is 1. The first-order chi connectivity index (χ1) is 11.3. The van der Waals surface area contributed by atoms with E-state index in [-0.39, 0.29) is 28.9 Å². The lowest BCUT2D eigenvalue weighted by atomic mass is 10.1. The lowest BCUT2D eigenvalue weighted by Crippen LogP contribution is -2.19. The first-order valence-corrected chi connectivity index (χ1v) is 9.40. The van der Waals surface area contributed by atoms with Gasteiger partial charge in [-0.15, -0.1) is 0 Å². The predicted octanol–water partition coefficient (Wildman–Crippen LogP) is 5.18. The molecule has 0 amide bonds. The average Bonchev–Trinajstić information content (AvgIpc) is 2.54. The summed E-state index contributed by atoms with van der Waals surface area (Å²) in [5.41, 5.74) is -4.16. The highest BCUT2D eigenvalue weighted by Crippen LogP contribution is 2.67. The molecule has 0 atom stereocenters. The fourth-order valence-corrected chi connectivity index (χ4v) is 4.44. The first-order valence-electron chi connectivity index (χ1n) is 7.07. The van der Waals surface area contributed by atoms with Gasteiger partial charge in [0.05, 0.1) is 18.7 Å². The van der Waals surface area contributed by atoms with E-state index < -0.39 is 18.8 Å². The molecule has 24 heavy (non-hydrogen) atoms. The number of rotatable bonds is 6. The Balaban J connectivity index is 2.66. The third kappa shape index (κ3) is 3.35. The Morgan fingerprint density at radius 1 is 1.29 bits per heavy atom. The number of nitriles is 1. The molecule has 0 unspecified atom stereocenters. The third-order valence-electron chi connectivity index (χ3n) is 3.16. The van der Waals surface area contributed by atoms with Crippen LogP contribution in [0.5, 0.6) is 0 Å². The van der Waals surface area contributed by atoms with Crippen LogP contribution in [-0.4, -0.2) is 18.2 Å². The zero-order chi connectivity index (χ0) is 18.0. The second-order valence-electron chi connectivity index (χ2n) is 4.71. The van der Waals surface area contributed by atoms with E-state index in [0.717, 1.165) is 6.07 Å². The largest absolute Gasteiger partial charge is 0.404 e. The number of pyridine rings is 1. The molecule has 0 aliphatic heterocycles. The molecule has 0 fully saturated rings. The molecule has 0 saturated heterocycles. The number of hydrogen-bond acceptors (Lipinski definition) is 5. The smallest absolute Gasteiger partial charge is 0.304 e. The van der Waals surface area contributed by atoms with Gasteiger partial charge in [0.1, 0.15) is 11.8 Å². The van der Waals surface area contributed by atoms with Gasteiger partial charge in [-0.05, 0) is 38.1 Å². The normalized spacial score (nSPS) is 12.3. The van der Waals surface area contributed by atoms with Crippen molar-refractivity contribution in [2.45, 2.75) is 19.5 Å². The maximum Gasteiger partial charge on any atom is 0.404 e.